The third-order valence-electron chi connectivity index (χ3n) is 8.17. The van der Waals surface area contributed by atoms with Gasteiger partial charge in [-0.2, -0.15) is 0 Å². The summed E-state index contributed by atoms with van der Waals surface area (Å²) in [6.45, 7) is 18.0. The second-order valence-electron chi connectivity index (χ2n) is 13.0. The van der Waals surface area contributed by atoms with Gasteiger partial charge in [0.15, 0.2) is 0 Å². The number of rotatable bonds is 4. The van der Waals surface area contributed by atoms with Crippen LogP contribution in [-0.2, 0) is 6.54 Å². The molecule has 250 valence electrons. The summed E-state index contributed by atoms with van der Waals surface area (Å²) in [5, 5.41) is 7.96. The second-order valence-corrected chi connectivity index (χ2v) is 13.0. The molecule has 0 unspecified atom stereocenters. The normalized spacial score (nSPS) is 12.0. The fraction of sp³-hybridized carbons (Fsp3) is 0.325. The van der Waals surface area contributed by atoms with Crippen LogP contribution in [0.2, 0.25) is 0 Å². The Morgan fingerprint density at radius 1 is 0.604 bits per heavy atom. The summed E-state index contributed by atoms with van der Waals surface area (Å²) in [5.74, 6) is 2.88. The lowest BCUT2D eigenvalue weighted by molar-refractivity contribution is 0.250. The molecule has 0 saturated carbocycles. The first-order valence-electron chi connectivity index (χ1n) is 16.7. The van der Waals surface area contributed by atoms with Gasteiger partial charge in [-0.05, 0) is 88.4 Å². The quantitative estimate of drug-likeness (QED) is 0.177. The van der Waals surface area contributed by atoms with Gasteiger partial charge in [-0.15, -0.1) is 0 Å². The number of aromatic nitrogens is 5. The predicted octanol–water partition coefficient (Wildman–Crippen LogP) is 10.1. The topological polar surface area (TPSA) is 108 Å². The summed E-state index contributed by atoms with van der Waals surface area (Å²) in [5.41, 5.74) is 8.51. The Morgan fingerprint density at radius 3 is 1.85 bits per heavy atom. The number of pyridine rings is 4. The van der Waals surface area contributed by atoms with E-state index in [1.807, 2.05) is 55.2 Å². The first-order chi connectivity index (χ1) is 23.1. The number of aromatic amines is 1. The van der Waals surface area contributed by atoms with Gasteiger partial charge in [-0.1, -0.05) is 73.6 Å². The van der Waals surface area contributed by atoms with Crippen LogP contribution in [0, 0.1) is 0 Å². The highest BCUT2D eigenvalue weighted by Crippen LogP contribution is 2.26. The van der Waals surface area contributed by atoms with E-state index in [1.54, 1.807) is 6.20 Å². The van der Waals surface area contributed by atoms with Crippen LogP contribution < -0.4 is 10.6 Å². The first-order valence-corrected chi connectivity index (χ1v) is 16.7. The summed E-state index contributed by atoms with van der Waals surface area (Å²) in [6.07, 6.45) is 11.1. The van der Waals surface area contributed by atoms with E-state index in [1.165, 1.54) is 33.0 Å². The SMILES string of the molecule is CC(C)c1ccnc2[nH]ccc12.CC(C)c1ccnc2c1CNC(=O)N2.CC(C)c1ccnc2ccccc12.CC(C)c1ccncc1. The van der Waals surface area contributed by atoms with Crippen LogP contribution in [0.5, 0.6) is 0 Å². The average Bonchev–Trinajstić information content (AvgIpc) is 3.58. The standard InChI is InChI=1S/C12H13N.C10H13N3O.C10H12N2.C8H11N/c1-9(2)10-7-8-13-12-6-4-3-5-11(10)12;1-6(2)7-3-4-11-9-8(7)5-12-10(14)13-9;1-7(2)8-3-5-11-10-9(8)4-6-12-10;1-7(2)8-3-5-9-6-4-8/h3-9H,1-2H3;3-4,6H,5H2,1-2H3,(H2,11,12,13,14);3-7H,1-2H3,(H,11,12);3-7H,1-2H3. The minimum absolute atomic E-state index is 0.175. The lowest BCUT2D eigenvalue weighted by Gasteiger charge is -2.21. The lowest BCUT2D eigenvalue weighted by Crippen LogP contribution is -2.34. The molecule has 5 aromatic heterocycles. The number of urea groups is 1. The van der Waals surface area contributed by atoms with E-state index in [9.17, 15) is 4.79 Å². The molecule has 0 atom stereocenters. The van der Waals surface area contributed by atoms with Gasteiger partial charge in [0.1, 0.15) is 11.5 Å². The number of carbonyl (C=O) groups excluding carboxylic acids is 1. The molecule has 7 rings (SSSR count). The average molecular weight is 644 g/mol. The molecule has 0 bridgehead atoms. The Balaban J connectivity index is 0.000000146. The van der Waals surface area contributed by atoms with Gasteiger partial charge < -0.3 is 10.3 Å². The van der Waals surface area contributed by atoms with Crippen LogP contribution in [-0.4, -0.2) is 31.0 Å². The number of benzene rings is 1. The number of nitrogens with zero attached hydrogens (tertiary/aromatic N) is 4. The van der Waals surface area contributed by atoms with Crippen LogP contribution >= 0.6 is 0 Å². The number of carbonyl (C=O) groups is 1. The largest absolute Gasteiger partial charge is 0.346 e. The van der Waals surface area contributed by atoms with Crippen molar-refractivity contribution in [3.63, 3.8) is 0 Å². The van der Waals surface area contributed by atoms with E-state index in [0.29, 0.717) is 36.0 Å². The molecule has 1 aromatic carbocycles. The lowest BCUT2D eigenvalue weighted by atomic mass is 9.98. The predicted molar refractivity (Wildman–Crippen MR) is 199 cm³/mol. The molecular weight excluding hydrogens is 594 g/mol. The molecule has 0 saturated heterocycles. The molecule has 0 spiro atoms. The molecule has 48 heavy (non-hydrogen) atoms. The Morgan fingerprint density at radius 2 is 1.21 bits per heavy atom. The summed E-state index contributed by atoms with van der Waals surface area (Å²) in [6, 6.07) is 20.5. The minimum atomic E-state index is -0.175. The van der Waals surface area contributed by atoms with Crippen molar-refractivity contribution >= 4 is 33.8 Å². The third-order valence-corrected chi connectivity index (χ3v) is 8.17. The molecule has 6 aromatic rings. The number of hydrogen-bond acceptors (Lipinski definition) is 5. The van der Waals surface area contributed by atoms with E-state index in [4.69, 9.17) is 0 Å². The fourth-order valence-corrected chi connectivity index (χ4v) is 5.52. The van der Waals surface area contributed by atoms with Gasteiger partial charge in [-0.25, -0.2) is 14.8 Å². The van der Waals surface area contributed by atoms with Crippen molar-refractivity contribution in [3.8, 4) is 0 Å². The van der Waals surface area contributed by atoms with E-state index in [-0.39, 0.29) is 6.03 Å². The maximum Gasteiger partial charge on any atom is 0.320 e. The highest BCUT2D eigenvalue weighted by Gasteiger charge is 2.18. The Labute approximate surface area is 284 Å². The van der Waals surface area contributed by atoms with Crippen molar-refractivity contribution in [2.24, 2.45) is 0 Å². The molecule has 0 radical (unpaired) electrons. The second kappa shape index (κ2) is 17.2. The number of anilines is 1. The van der Waals surface area contributed by atoms with Gasteiger partial charge in [0, 0.05) is 60.1 Å². The molecule has 0 aliphatic carbocycles. The molecule has 8 nitrogen and oxygen atoms in total. The maximum absolute atomic E-state index is 11.0. The van der Waals surface area contributed by atoms with Crippen molar-refractivity contribution < 1.29 is 4.79 Å². The summed E-state index contributed by atoms with van der Waals surface area (Å²) in [4.78, 5) is 30.8. The van der Waals surface area contributed by atoms with Crippen molar-refractivity contribution in [2.45, 2.75) is 85.6 Å². The number of fused-ring (bicyclic) bond motifs is 3. The van der Waals surface area contributed by atoms with Crippen molar-refractivity contribution in [3.05, 3.63) is 126 Å². The summed E-state index contributed by atoms with van der Waals surface area (Å²) < 4.78 is 0. The Bertz CT molecular complexity index is 1890. The van der Waals surface area contributed by atoms with Crippen LogP contribution in [0.3, 0.4) is 0 Å². The Kier molecular flexibility index (Phi) is 12.8. The van der Waals surface area contributed by atoms with Crippen molar-refractivity contribution in [1.29, 1.82) is 0 Å². The van der Waals surface area contributed by atoms with Crippen molar-refractivity contribution in [2.75, 3.05) is 5.32 Å². The molecule has 1 aliphatic rings. The van der Waals surface area contributed by atoms with Crippen LogP contribution in [0.15, 0.2) is 97.8 Å². The molecule has 1 aliphatic heterocycles. The number of hydrogen-bond donors (Lipinski definition) is 3. The van der Waals surface area contributed by atoms with Gasteiger partial charge in [0.05, 0.1) is 5.52 Å². The number of nitrogens with one attached hydrogen (secondary N) is 3. The van der Waals surface area contributed by atoms with Crippen LogP contribution in [0.4, 0.5) is 10.6 Å². The maximum atomic E-state index is 11.0. The summed E-state index contributed by atoms with van der Waals surface area (Å²) in [7, 11) is 0. The monoisotopic (exact) mass is 643 g/mol. The van der Waals surface area contributed by atoms with E-state index >= 15 is 0 Å². The van der Waals surface area contributed by atoms with Gasteiger partial charge in [0.2, 0.25) is 0 Å². The molecule has 6 heterocycles. The first kappa shape index (κ1) is 35.7. The zero-order chi connectivity index (χ0) is 34.6. The van der Waals surface area contributed by atoms with Crippen LogP contribution in [0.1, 0.15) is 107 Å². The molecular formula is C40H49N7O. The van der Waals surface area contributed by atoms with Crippen LogP contribution in [0.25, 0.3) is 21.9 Å². The van der Waals surface area contributed by atoms with E-state index in [2.05, 4.69) is 127 Å². The minimum Gasteiger partial charge on any atom is -0.346 e. The number of amides is 2. The molecule has 3 N–H and O–H groups in total. The van der Waals surface area contributed by atoms with E-state index < -0.39 is 0 Å². The Hall–Kier alpha value is -5.11. The van der Waals surface area contributed by atoms with Crippen molar-refractivity contribution in [1.82, 2.24) is 30.2 Å². The molecule has 0 fully saturated rings. The zero-order valence-electron chi connectivity index (χ0n) is 29.5. The highest BCUT2D eigenvalue weighted by molar-refractivity contribution is 5.91. The number of para-hydroxylation sites is 1. The molecule has 2 amide bonds. The van der Waals surface area contributed by atoms with E-state index in [0.717, 1.165) is 16.7 Å². The summed E-state index contributed by atoms with van der Waals surface area (Å²) >= 11 is 0. The third kappa shape index (κ3) is 9.47. The van der Waals surface area contributed by atoms with Gasteiger partial charge in [-0.3, -0.25) is 15.3 Å². The zero-order valence-corrected chi connectivity index (χ0v) is 29.5. The highest BCUT2D eigenvalue weighted by atomic mass is 16.2. The molecule has 8 heteroatoms. The van der Waals surface area contributed by atoms with Gasteiger partial charge >= 0.3 is 6.03 Å². The smallest absolute Gasteiger partial charge is 0.320 e. The number of H-pyrrole nitrogens is 1. The fourth-order valence-electron chi connectivity index (χ4n) is 5.52. The van der Waals surface area contributed by atoms with Gasteiger partial charge in [0.25, 0.3) is 0 Å².